The third-order valence-electron chi connectivity index (χ3n) is 2.89. The summed E-state index contributed by atoms with van der Waals surface area (Å²) in [4.78, 5) is 4.02. The Bertz CT molecular complexity index is 606. The van der Waals surface area contributed by atoms with E-state index in [1.165, 1.54) is 32.5 Å². The smallest absolute Gasteiger partial charge is 0.198 e. The quantitative estimate of drug-likeness (QED) is 0.829. The summed E-state index contributed by atoms with van der Waals surface area (Å²) < 4.78 is 29.0. The summed E-state index contributed by atoms with van der Waals surface area (Å²) in [5, 5.41) is 9.55. The summed E-state index contributed by atoms with van der Waals surface area (Å²) in [5.41, 5.74) is 0.730. The standard InChI is InChI=1S/C15H16FNO4/c1-19-13-7-12(15(18)20-2)17-8-14(13)21-9-10-5-3-4-6-11(10)16/h3-8,15,18H,9H2,1-2H3. The molecule has 0 saturated carbocycles. The van der Waals surface area contributed by atoms with Crippen molar-refractivity contribution in [3.05, 3.63) is 53.6 Å². The Morgan fingerprint density at radius 2 is 2.00 bits per heavy atom. The van der Waals surface area contributed by atoms with Gasteiger partial charge in [0.15, 0.2) is 17.8 Å². The fraction of sp³-hybridized carbons (Fsp3) is 0.267. The minimum Gasteiger partial charge on any atom is -0.493 e. The molecule has 2 aromatic rings. The molecule has 1 unspecified atom stereocenters. The zero-order valence-electron chi connectivity index (χ0n) is 11.7. The number of hydrogen-bond donors (Lipinski definition) is 1. The Balaban J connectivity index is 2.15. The Kier molecular flexibility index (Phi) is 5.08. The minimum absolute atomic E-state index is 0.0525. The molecule has 1 N–H and O–H groups in total. The van der Waals surface area contributed by atoms with Gasteiger partial charge in [0.2, 0.25) is 0 Å². The molecule has 0 aliphatic heterocycles. The first kappa shape index (κ1) is 15.2. The molecule has 2 rings (SSSR count). The normalized spacial score (nSPS) is 12.0. The number of hydrogen-bond acceptors (Lipinski definition) is 5. The minimum atomic E-state index is -1.14. The molecule has 0 amide bonds. The van der Waals surface area contributed by atoms with E-state index in [0.717, 1.165) is 0 Å². The molecule has 0 aliphatic carbocycles. The lowest BCUT2D eigenvalue weighted by molar-refractivity contribution is -0.0800. The molecule has 0 fully saturated rings. The fourth-order valence-electron chi connectivity index (χ4n) is 1.73. The van der Waals surface area contributed by atoms with Crippen LogP contribution in [0.5, 0.6) is 11.5 Å². The Morgan fingerprint density at radius 3 is 2.67 bits per heavy atom. The molecular weight excluding hydrogens is 277 g/mol. The van der Waals surface area contributed by atoms with E-state index in [0.29, 0.717) is 22.8 Å². The second-order valence-electron chi connectivity index (χ2n) is 4.23. The molecule has 0 bridgehead atoms. The van der Waals surface area contributed by atoms with E-state index in [2.05, 4.69) is 4.98 Å². The molecule has 0 aliphatic rings. The number of ether oxygens (including phenoxy) is 3. The summed E-state index contributed by atoms with van der Waals surface area (Å²) in [5.74, 6) is 0.399. The van der Waals surface area contributed by atoms with E-state index < -0.39 is 6.29 Å². The number of rotatable bonds is 6. The first-order chi connectivity index (χ1) is 10.2. The largest absolute Gasteiger partial charge is 0.493 e. The number of nitrogens with zero attached hydrogens (tertiary/aromatic N) is 1. The second-order valence-corrected chi connectivity index (χ2v) is 4.23. The Labute approximate surface area is 121 Å². The average Bonchev–Trinajstić information content (AvgIpc) is 2.53. The highest BCUT2D eigenvalue weighted by Crippen LogP contribution is 2.29. The summed E-state index contributed by atoms with van der Waals surface area (Å²) in [6, 6.07) is 7.85. The first-order valence-electron chi connectivity index (χ1n) is 6.26. The average molecular weight is 293 g/mol. The van der Waals surface area contributed by atoms with E-state index in [1.54, 1.807) is 18.2 Å². The summed E-state index contributed by atoms with van der Waals surface area (Å²) in [6.45, 7) is 0.0525. The number of methoxy groups -OCH3 is 2. The zero-order chi connectivity index (χ0) is 15.2. The van der Waals surface area contributed by atoms with Crippen molar-refractivity contribution in [1.82, 2.24) is 4.98 Å². The molecule has 1 aromatic heterocycles. The molecule has 0 radical (unpaired) electrons. The van der Waals surface area contributed by atoms with Gasteiger partial charge in [-0.15, -0.1) is 0 Å². The van der Waals surface area contributed by atoms with Crippen LogP contribution in [0.2, 0.25) is 0 Å². The van der Waals surface area contributed by atoms with Crippen LogP contribution in [-0.2, 0) is 11.3 Å². The van der Waals surface area contributed by atoms with Crippen LogP contribution in [0.25, 0.3) is 0 Å². The predicted molar refractivity (Wildman–Crippen MR) is 73.5 cm³/mol. The number of aliphatic hydroxyl groups excluding tert-OH is 1. The fourth-order valence-corrected chi connectivity index (χ4v) is 1.73. The highest BCUT2D eigenvalue weighted by molar-refractivity contribution is 5.39. The van der Waals surface area contributed by atoms with Crippen molar-refractivity contribution in [1.29, 1.82) is 0 Å². The highest BCUT2D eigenvalue weighted by atomic mass is 19.1. The van der Waals surface area contributed by atoms with Gasteiger partial charge in [0, 0.05) is 18.7 Å². The first-order valence-corrected chi connectivity index (χ1v) is 6.26. The second kappa shape index (κ2) is 7.01. The van der Waals surface area contributed by atoms with Gasteiger partial charge < -0.3 is 19.3 Å². The van der Waals surface area contributed by atoms with Crippen molar-refractivity contribution in [3.63, 3.8) is 0 Å². The molecule has 21 heavy (non-hydrogen) atoms. The van der Waals surface area contributed by atoms with E-state index in [9.17, 15) is 9.50 Å². The maximum Gasteiger partial charge on any atom is 0.198 e. The molecule has 1 atom stereocenters. The molecule has 5 nitrogen and oxygen atoms in total. The number of halogens is 1. The summed E-state index contributed by atoms with van der Waals surface area (Å²) >= 11 is 0. The van der Waals surface area contributed by atoms with Gasteiger partial charge in [0.25, 0.3) is 0 Å². The summed E-state index contributed by atoms with van der Waals surface area (Å²) in [7, 11) is 2.83. The monoisotopic (exact) mass is 293 g/mol. The van der Waals surface area contributed by atoms with Crippen LogP contribution >= 0.6 is 0 Å². The van der Waals surface area contributed by atoms with Crippen LogP contribution in [0.1, 0.15) is 17.5 Å². The van der Waals surface area contributed by atoms with E-state index in [-0.39, 0.29) is 12.4 Å². The molecule has 0 saturated heterocycles. The number of pyridine rings is 1. The number of aromatic nitrogens is 1. The van der Waals surface area contributed by atoms with Gasteiger partial charge in [0.05, 0.1) is 19.0 Å². The molecule has 1 aromatic carbocycles. The van der Waals surface area contributed by atoms with Crippen LogP contribution < -0.4 is 9.47 Å². The van der Waals surface area contributed by atoms with E-state index in [4.69, 9.17) is 14.2 Å². The van der Waals surface area contributed by atoms with Gasteiger partial charge in [-0.05, 0) is 6.07 Å². The lowest BCUT2D eigenvalue weighted by Gasteiger charge is -2.13. The number of aliphatic hydroxyl groups is 1. The molecule has 112 valence electrons. The maximum absolute atomic E-state index is 13.5. The van der Waals surface area contributed by atoms with Crippen molar-refractivity contribution in [2.75, 3.05) is 14.2 Å². The molecule has 0 spiro atoms. The van der Waals surface area contributed by atoms with Gasteiger partial charge in [-0.25, -0.2) is 4.39 Å². The third-order valence-corrected chi connectivity index (χ3v) is 2.89. The van der Waals surface area contributed by atoms with Crippen LogP contribution in [0.3, 0.4) is 0 Å². The lowest BCUT2D eigenvalue weighted by atomic mass is 10.2. The van der Waals surface area contributed by atoms with Gasteiger partial charge >= 0.3 is 0 Å². The van der Waals surface area contributed by atoms with Crippen molar-refractivity contribution in [2.24, 2.45) is 0 Å². The van der Waals surface area contributed by atoms with Crippen molar-refractivity contribution in [3.8, 4) is 11.5 Å². The SMILES string of the molecule is COc1cc(C(O)OC)ncc1OCc1ccccc1F. The van der Waals surface area contributed by atoms with Gasteiger partial charge in [-0.1, -0.05) is 18.2 Å². The van der Waals surface area contributed by atoms with E-state index in [1.807, 2.05) is 0 Å². The molecular formula is C15H16FNO4. The van der Waals surface area contributed by atoms with Crippen LogP contribution in [0.4, 0.5) is 4.39 Å². The summed E-state index contributed by atoms with van der Waals surface area (Å²) in [6.07, 6.45) is 0.261. The van der Waals surface area contributed by atoms with Crippen LogP contribution in [0, 0.1) is 5.82 Å². The van der Waals surface area contributed by atoms with Crippen LogP contribution in [0.15, 0.2) is 36.5 Å². The highest BCUT2D eigenvalue weighted by Gasteiger charge is 2.13. The van der Waals surface area contributed by atoms with Crippen LogP contribution in [-0.4, -0.2) is 24.3 Å². The topological polar surface area (TPSA) is 60.8 Å². The third kappa shape index (κ3) is 3.68. The Morgan fingerprint density at radius 1 is 1.24 bits per heavy atom. The van der Waals surface area contributed by atoms with Crippen molar-refractivity contribution >= 4 is 0 Å². The van der Waals surface area contributed by atoms with Gasteiger partial charge in [-0.3, -0.25) is 4.98 Å². The van der Waals surface area contributed by atoms with Gasteiger partial charge in [0.1, 0.15) is 12.4 Å². The molecule has 6 heteroatoms. The molecule has 1 heterocycles. The number of benzene rings is 1. The van der Waals surface area contributed by atoms with E-state index >= 15 is 0 Å². The lowest BCUT2D eigenvalue weighted by Crippen LogP contribution is -2.05. The van der Waals surface area contributed by atoms with Crippen molar-refractivity contribution in [2.45, 2.75) is 12.9 Å². The maximum atomic E-state index is 13.5. The van der Waals surface area contributed by atoms with Crippen molar-refractivity contribution < 1.29 is 23.7 Å². The predicted octanol–water partition coefficient (Wildman–Crippen LogP) is 2.45. The zero-order valence-corrected chi connectivity index (χ0v) is 11.7. The van der Waals surface area contributed by atoms with Gasteiger partial charge in [-0.2, -0.15) is 0 Å². The Hall–Kier alpha value is -2.18.